The molecule has 1 aliphatic heterocycles. The van der Waals surface area contributed by atoms with Crippen LogP contribution < -0.4 is 9.64 Å². The SMILES string of the molecule is Cn1c(C2CC2)nnc1N1CCC(Oc2ccccn2)C1. The van der Waals surface area contributed by atoms with Crippen molar-refractivity contribution in [1.82, 2.24) is 19.7 Å². The maximum atomic E-state index is 5.92. The van der Waals surface area contributed by atoms with Gasteiger partial charge in [-0.2, -0.15) is 0 Å². The first-order valence-electron chi connectivity index (χ1n) is 7.53. The lowest BCUT2D eigenvalue weighted by Crippen LogP contribution is -2.27. The van der Waals surface area contributed by atoms with Crippen LogP contribution in [0.15, 0.2) is 24.4 Å². The lowest BCUT2D eigenvalue weighted by atomic mass is 10.3. The number of aromatic nitrogens is 4. The van der Waals surface area contributed by atoms with Crippen LogP contribution in [0, 0.1) is 0 Å². The first kappa shape index (κ1) is 12.6. The molecule has 1 saturated carbocycles. The Hall–Kier alpha value is -2.11. The fraction of sp³-hybridized carbons (Fsp3) is 0.533. The van der Waals surface area contributed by atoms with Gasteiger partial charge in [-0.25, -0.2) is 4.98 Å². The fourth-order valence-corrected chi connectivity index (χ4v) is 2.90. The van der Waals surface area contributed by atoms with Crippen molar-refractivity contribution in [2.24, 2.45) is 7.05 Å². The summed E-state index contributed by atoms with van der Waals surface area (Å²) in [6.45, 7) is 1.79. The fourth-order valence-electron chi connectivity index (χ4n) is 2.90. The van der Waals surface area contributed by atoms with Crippen molar-refractivity contribution in [3.05, 3.63) is 30.2 Å². The van der Waals surface area contributed by atoms with Crippen LogP contribution in [-0.4, -0.2) is 38.9 Å². The summed E-state index contributed by atoms with van der Waals surface area (Å²) in [7, 11) is 2.07. The Morgan fingerprint density at radius 1 is 1.19 bits per heavy atom. The first-order valence-corrected chi connectivity index (χ1v) is 7.53. The van der Waals surface area contributed by atoms with Gasteiger partial charge in [0.15, 0.2) is 0 Å². The number of nitrogens with zero attached hydrogens (tertiary/aromatic N) is 5. The van der Waals surface area contributed by atoms with Crippen LogP contribution >= 0.6 is 0 Å². The molecule has 4 rings (SSSR count). The minimum absolute atomic E-state index is 0.168. The van der Waals surface area contributed by atoms with E-state index in [0.717, 1.165) is 31.3 Å². The summed E-state index contributed by atoms with van der Waals surface area (Å²) >= 11 is 0. The minimum atomic E-state index is 0.168. The molecular weight excluding hydrogens is 266 g/mol. The third-order valence-electron chi connectivity index (χ3n) is 4.18. The van der Waals surface area contributed by atoms with E-state index in [2.05, 4.69) is 31.7 Å². The van der Waals surface area contributed by atoms with E-state index in [4.69, 9.17) is 4.74 Å². The Morgan fingerprint density at radius 3 is 2.86 bits per heavy atom. The molecule has 21 heavy (non-hydrogen) atoms. The number of pyridine rings is 1. The summed E-state index contributed by atoms with van der Waals surface area (Å²) in [5, 5.41) is 8.72. The van der Waals surface area contributed by atoms with E-state index in [0.29, 0.717) is 11.8 Å². The second-order valence-electron chi connectivity index (χ2n) is 5.83. The lowest BCUT2D eigenvalue weighted by Gasteiger charge is -2.17. The summed E-state index contributed by atoms with van der Waals surface area (Å²) < 4.78 is 8.06. The highest BCUT2D eigenvalue weighted by molar-refractivity contribution is 5.34. The molecule has 2 fully saturated rings. The maximum absolute atomic E-state index is 5.92. The van der Waals surface area contributed by atoms with Crippen LogP contribution in [0.3, 0.4) is 0 Å². The number of rotatable bonds is 4. The van der Waals surface area contributed by atoms with Crippen molar-refractivity contribution in [1.29, 1.82) is 0 Å². The third-order valence-corrected chi connectivity index (χ3v) is 4.18. The van der Waals surface area contributed by atoms with Gasteiger partial charge in [-0.15, -0.1) is 10.2 Å². The molecule has 1 unspecified atom stereocenters. The van der Waals surface area contributed by atoms with E-state index in [1.54, 1.807) is 6.20 Å². The molecule has 0 spiro atoms. The van der Waals surface area contributed by atoms with Crippen molar-refractivity contribution in [2.75, 3.05) is 18.0 Å². The van der Waals surface area contributed by atoms with E-state index in [1.165, 1.54) is 12.8 Å². The summed E-state index contributed by atoms with van der Waals surface area (Å²) in [6, 6.07) is 5.74. The molecular formula is C15H19N5O. The highest BCUT2D eigenvalue weighted by atomic mass is 16.5. The van der Waals surface area contributed by atoms with E-state index in [9.17, 15) is 0 Å². The van der Waals surface area contributed by atoms with Gasteiger partial charge in [-0.1, -0.05) is 6.07 Å². The Bertz CT molecular complexity index is 622. The molecule has 0 aromatic carbocycles. The number of hydrogen-bond acceptors (Lipinski definition) is 5. The molecule has 2 aromatic rings. The van der Waals surface area contributed by atoms with Crippen LogP contribution in [0.4, 0.5) is 5.95 Å². The van der Waals surface area contributed by atoms with Gasteiger partial charge in [0.2, 0.25) is 11.8 Å². The largest absolute Gasteiger partial charge is 0.472 e. The van der Waals surface area contributed by atoms with Gasteiger partial charge >= 0.3 is 0 Å². The number of anilines is 1. The quantitative estimate of drug-likeness (QED) is 0.856. The molecule has 2 aromatic heterocycles. The first-order chi connectivity index (χ1) is 10.3. The molecule has 6 heteroatoms. The predicted molar refractivity (Wildman–Crippen MR) is 78.5 cm³/mol. The molecule has 0 bridgehead atoms. The second kappa shape index (κ2) is 5.02. The van der Waals surface area contributed by atoms with Crippen LogP contribution in [0.5, 0.6) is 5.88 Å². The minimum Gasteiger partial charge on any atom is -0.472 e. The molecule has 1 atom stereocenters. The highest BCUT2D eigenvalue weighted by Crippen LogP contribution is 2.39. The van der Waals surface area contributed by atoms with Crippen molar-refractivity contribution < 1.29 is 4.74 Å². The molecule has 0 amide bonds. The molecule has 1 saturated heterocycles. The van der Waals surface area contributed by atoms with Gasteiger partial charge in [0.25, 0.3) is 0 Å². The van der Waals surface area contributed by atoms with Crippen LogP contribution in [0.25, 0.3) is 0 Å². The van der Waals surface area contributed by atoms with E-state index in [1.807, 2.05) is 18.2 Å². The van der Waals surface area contributed by atoms with Crippen LogP contribution in [-0.2, 0) is 7.05 Å². The third kappa shape index (κ3) is 2.46. The summed E-state index contributed by atoms with van der Waals surface area (Å²) in [6.07, 6.45) is 5.41. The zero-order valence-electron chi connectivity index (χ0n) is 12.1. The smallest absolute Gasteiger partial charge is 0.227 e. The Kier molecular flexibility index (Phi) is 3.02. The Balaban J connectivity index is 1.44. The Labute approximate surface area is 123 Å². The summed E-state index contributed by atoms with van der Waals surface area (Å²) in [5.41, 5.74) is 0. The molecule has 110 valence electrons. The molecule has 0 N–H and O–H groups in total. The number of hydrogen-bond donors (Lipinski definition) is 0. The highest BCUT2D eigenvalue weighted by Gasteiger charge is 2.32. The van der Waals surface area contributed by atoms with Gasteiger partial charge < -0.3 is 14.2 Å². The molecule has 2 aliphatic rings. The molecule has 1 aliphatic carbocycles. The van der Waals surface area contributed by atoms with Gasteiger partial charge in [-0.3, -0.25) is 0 Å². The van der Waals surface area contributed by atoms with Crippen molar-refractivity contribution in [3.8, 4) is 5.88 Å². The molecule has 3 heterocycles. The second-order valence-corrected chi connectivity index (χ2v) is 5.83. The summed E-state index contributed by atoms with van der Waals surface area (Å²) in [4.78, 5) is 6.48. The summed E-state index contributed by atoms with van der Waals surface area (Å²) in [5.74, 6) is 3.41. The number of ether oxygens (including phenoxy) is 1. The zero-order valence-corrected chi connectivity index (χ0v) is 12.1. The van der Waals surface area contributed by atoms with Crippen LogP contribution in [0.2, 0.25) is 0 Å². The van der Waals surface area contributed by atoms with E-state index in [-0.39, 0.29) is 6.10 Å². The van der Waals surface area contributed by atoms with Crippen molar-refractivity contribution in [2.45, 2.75) is 31.3 Å². The van der Waals surface area contributed by atoms with Gasteiger partial charge in [0.05, 0.1) is 6.54 Å². The normalized spacial score (nSPS) is 21.8. The van der Waals surface area contributed by atoms with Gasteiger partial charge in [0, 0.05) is 38.2 Å². The monoisotopic (exact) mass is 285 g/mol. The van der Waals surface area contributed by atoms with Crippen LogP contribution in [0.1, 0.15) is 31.0 Å². The maximum Gasteiger partial charge on any atom is 0.227 e. The standard InChI is InChI=1S/C15H19N5O/c1-19-14(11-5-6-11)17-18-15(19)20-9-7-12(10-20)21-13-4-2-3-8-16-13/h2-4,8,11-12H,5-7,9-10H2,1H3. The zero-order chi connectivity index (χ0) is 14.2. The molecule has 0 radical (unpaired) electrons. The van der Waals surface area contributed by atoms with Gasteiger partial charge in [0.1, 0.15) is 11.9 Å². The Morgan fingerprint density at radius 2 is 2.10 bits per heavy atom. The average Bonchev–Trinajstić information content (AvgIpc) is 3.12. The van der Waals surface area contributed by atoms with E-state index < -0.39 is 0 Å². The van der Waals surface area contributed by atoms with E-state index >= 15 is 0 Å². The topological polar surface area (TPSA) is 56.1 Å². The average molecular weight is 285 g/mol. The molecule has 6 nitrogen and oxygen atoms in total. The van der Waals surface area contributed by atoms with Crippen molar-refractivity contribution in [3.63, 3.8) is 0 Å². The van der Waals surface area contributed by atoms with Crippen molar-refractivity contribution >= 4 is 5.95 Å². The predicted octanol–water partition coefficient (Wildman–Crippen LogP) is 1.75. The lowest BCUT2D eigenvalue weighted by molar-refractivity contribution is 0.215. The van der Waals surface area contributed by atoms with Gasteiger partial charge in [-0.05, 0) is 18.9 Å².